The second-order valence-electron chi connectivity index (χ2n) is 17.4. The monoisotopic (exact) mass is 905 g/mol. The fourth-order valence-electron chi connectivity index (χ4n) is 8.99. The molecule has 16 heteroatoms. The summed E-state index contributed by atoms with van der Waals surface area (Å²) in [5.41, 5.74) is 1.03. The number of allylic oxidation sites excluding steroid dienone is 2. The van der Waals surface area contributed by atoms with Crippen LogP contribution in [0, 0.1) is 30.6 Å². The maximum atomic E-state index is 14.6. The van der Waals surface area contributed by atoms with Crippen molar-refractivity contribution in [1.82, 2.24) is 4.90 Å². The fourth-order valence-corrected chi connectivity index (χ4v) is 9.12. The first-order valence-electron chi connectivity index (χ1n) is 21.5. The normalized spacial score (nSPS) is 30.3. The summed E-state index contributed by atoms with van der Waals surface area (Å²) < 4.78 is 23.8. The number of halogens is 1. The number of fused-ring (bicyclic) bond motifs is 14. The number of carbonyl (C=O) groups excluding carboxylic acids is 3. The number of esters is 1. The van der Waals surface area contributed by atoms with Crippen LogP contribution in [0.25, 0.3) is 10.8 Å². The van der Waals surface area contributed by atoms with Crippen LogP contribution in [0.4, 0.5) is 11.4 Å². The standard InChI is InChI=1S/C48H60ClN3O12/c1-24-11-10-12-25(2)47(60)50-37-38(52-20-18-51(19-21-52)23-31-13-15-32(49)16-14-31)43(58)34-35(42(37)57)41(56)29(6)45-36(34)46(59)48(8,64-45)62-22-17-33(61-9)26(3)44(63-30(7)53)28(5)40(55)27(4)39(24)54/h10-17,22,24,26-28,33,39-40,44,54-58H,18-21,23H2,1-9H3,(H,50,60)/b11-10+,22-17+,25-12-. The van der Waals surface area contributed by atoms with Gasteiger partial charge in [-0.15, -0.1) is 0 Å². The zero-order valence-electron chi connectivity index (χ0n) is 37.7. The number of carbonyl (C=O) groups is 3. The molecule has 346 valence electrons. The van der Waals surface area contributed by atoms with E-state index in [1.54, 1.807) is 46.8 Å². The summed E-state index contributed by atoms with van der Waals surface area (Å²) in [5.74, 6) is -8.13. The Kier molecular flexibility index (Phi) is 14.6. The Balaban J connectivity index is 1.48. The largest absolute Gasteiger partial charge is 0.507 e. The molecule has 5 bridgehead atoms. The van der Waals surface area contributed by atoms with Crippen LogP contribution in [0.3, 0.4) is 0 Å². The van der Waals surface area contributed by atoms with Crippen molar-refractivity contribution in [2.45, 2.75) is 92.1 Å². The molecule has 3 aromatic carbocycles. The molecule has 0 spiro atoms. The SMILES string of the molecule is COC1/C=C/OC2(C)Oc3c(C)c(O)c4c(O)c(c(N5CCN(Cc6ccc(Cl)cc6)CC5)c(O)c4c3C2=O)NC(=O)/C(C)=C\C=C\C(C)C(O)C(C)C(O)C(C)C(OC(C)=O)C1C. The minimum absolute atomic E-state index is 0.0349. The van der Waals surface area contributed by atoms with Crippen LogP contribution in [-0.4, -0.2) is 112 Å². The Morgan fingerprint density at radius 1 is 0.906 bits per heavy atom. The molecule has 1 fully saturated rings. The van der Waals surface area contributed by atoms with Crippen molar-refractivity contribution in [1.29, 1.82) is 0 Å². The predicted molar refractivity (Wildman–Crippen MR) is 243 cm³/mol. The van der Waals surface area contributed by atoms with Crippen molar-refractivity contribution in [3.05, 3.63) is 82.1 Å². The Morgan fingerprint density at radius 2 is 1.56 bits per heavy atom. The molecule has 0 aliphatic carbocycles. The number of phenolic OH excluding ortho intramolecular Hbond substituents is 3. The van der Waals surface area contributed by atoms with Gasteiger partial charge < -0.3 is 54.7 Å². The van der Waals surface area contributed by atoms with Gasteiger partial charge in [0.25, 0.3) is 11.7 Å². The highest BCUT2D eigenvalue weighted by atomic mass is 35.5. The lowest BCUT2D eigenvalue weighted by molar-refractivity contribution is -0.160. The van der Waals surface area contributed by atoms with Gasteiger partial charge in [-0.05, 0) is 37.6 Å². The molecule has 9 atom stereocenters. The molecule has 6 N–H and O–H groups in total. The number of hydrogen-bond donors (Lipinski definition) is 6. The third-order valence-electron chi connectivity index (χ3n) is 13.0. The molecule has 4 aliphatic heterocycles. The van der Waals surface area contributed by atoms with E-state index in [0.717, 1.165) is 5.56 Å². The third kappa shape index (κ3) is 9.41. The van der Waals surface area contributed by atoms with E-state index in [9.17, 15) is 39.9 Å². The molecule has 3 aromatic rings. The summed E-state index contributed by atoms with van der Waals surface area (Å²) in [6.07, 6.45) is 3.65. The maximum absolute atomic E-state index is 14.6. The van der Waals surface area contributed by atoms with Crippen molar-refractivity contribution in [2.75, 3.05) is 43.5 Å². The number of hydrogen-bond acceptors (Lipinski definition) is 14. The van der Waals surface area contributed by atoms with E-state index >= 15 is 0 Å². The molecule has 1 saturated heterocycles. The summed E-state index contributed by atoms with van der Waals surface area (Å²) in [7, 11) is 1.44. The lowest BCUT2D eigenvalue weighted by Crippen LogP contribution is -2.46. The van der Waals surface area contributed by atoms with Gasteiger partial charge in [0.05, 0.1) is 35.5 Å². The molecule has 4 aliphatic rings. The molecule has 4 heterocycles. The average Bonchev–Trinajstić information content (AvgIpc) is 3.53. The number of anilines is 2. The van der Waals surface area contributed by atoms with Gasteiger partial charge in [-0.25, -0.2) is 0 Å². The molecular weight excluding hydrogens is 846 g/mol. The molecule has 64 heavy (non-hydrogen) atoms. The number of amides is 1. The van der Waals surface area contributed by atoms with Crippen LogP contribution in [-0.2, 0) is 30.3 Å². The molecule has 7 rings (SSSR count). The predicted octanol–water partition coefficient (Wildman–Crippen LogP) is 6.73. The van der Waals surface area contributed by atoms with Gasteiger partial charge in [0, 0.05) is 98.9 Å². The molecule has 9 unspecified atom stereocenters. The fraction of sp³-hybridized carbons (Fsp3) is 0.479. The Hall–Kier alpha value is -5.32. The summed E-state index contributed by atoms with van der Waals surface area (Å²) in [5, 5.41) is 62.3. The Labute approximate surface area is 378 Å². The van der Waals surface area contributed by atoms with Gasteiger partial charge in [0.1, 0.15) is 34.7 Å². The van der Waals surface area contributed by atoms with Gasteiger partial charge in [-0.3, -0.25) is 19.3 Å². The van der Waals surface area contributed by atoms with Crippen molar-refractivity contribution in [3.63, 3.8) is 0 Å². The number of phenols is 3. The second-order valence-corrected chi connectivity index (χ2v) is 17.9. The summed E-state index contributed by atoms with van der Waals surface area (Å²) in [6.45, 7) is 15.0. The van der Waals surface area contributed by atoms with Gasteiger partial charge in [0.2, 0.25) is 0 Å². The lowest BCUT2D eigenvalue weighted by Gasteiger charge is -2.38. The number of methoxy groups -OCH3 is 1. The highest BCUT2D eigenvalue weighted by Gasteiger charge is 2.50. The highest BCUT2D eigenvalue weighted by molar-refractivity contribution is 6.30. The molecule has 0 radical (unpaired) electrons. The maximum Gasteiger partial charge on any atom is 0.312 e. The number of Topliss-reactive ketones (excluding diaryl/α,β-unsaturated/α-hetero) is 1. The second kappa shape index (κ2) is 19.4. The first-order valence-corrected chi connectivity index (χ1v) is 21.9. The molecule has 15 nitrogen and oxygen atoms in total. The minimum Gasteiger partial charge on any atom is -0.507 e. The van der Waals surface area contributed by atoms with Crippen molar-refractivity contribution in [2.24, 2.45) is 23.7 Å². The Bertz CT molecular complexity index is 2360. The van der Waals surface area contributed by atoms with Gasteiger partial charge in [0.15, 0.2) is 5.75 Å². The van der Waals surface area contributed by atoms with Crippen molar-refractivity contribution in [3.8, 4) is 23.0 Å². The number of aromatic hydroxyl groups is 3. The van der Waals surface area contributed by atoms with Crippen LogP contribution in [0.5, 0.6) is 23.0 Å². The number of rotatable bonds is 5. The number of nitrogens with zero attached hydrogens (tertiary/aromatic N) is 2. The number of aliphatic hydroxyl groups is 2. The van der Waals surface area contributed by atoms with Crippen LogP contribution < -0.4 is 15.0 Å². The third-order valence-corrected chi connectivity index (χ3v) is 13.2. The minimum atomic E-state index is -2.04. The van der Waals surface area contributed by atoms with E-state index in [1.807, 2.05) is 29.2 Å². The number of piperazine rings is 1. The summed E-state index contributed by atoms with van der Waals surface area (Å²) >= 11 is 6.11. The van der Waals surface area contributed by atoms with Gasteiger partial charge >= 0.3 is 11.8 Å². The number of ketones is 1. The zero-order valence-corrected chi connectivity index (χ0v) is 38.5. The van der Waals surface area contributed by atoms with Crippen molar-refractivity contribution >= 4 is 51.4 Å². The first kappa shape index (κ1) is 48.1. The quantitative estimate of drug-likeness (QED) is 0.0892. The topological polar surface area (TPSA) is 208 Å². The van der Waals surface area contributed by atoms with E-state index in [2.05, 4.69) is 10.2 Å². The van der Waals surface area contributed by atoms with E-state index in [1.165, 1.54) is 46.3 Å². The lowest BCUT2D eigenvalue weighted by atomic mass is 9.78. The number of benzene rings is 3. The van der Waals surface area contributed by atoms with E-state index in [0.29, 0.717) is 37.7 Å². The Morgan fingerprint density at radius 3 is 2.19 bits per heavy atom. The van der Waals surface area contributed by atoms with Crippen LogP contribution in [0.15, 0.2) is 60.4 Å². The number of ether oxygens (including phenoxy) is 4. The average molecular weight is 906 g/mol. The van der Waals surface area contributed by atoms with Gasteiger partial charge in [-0.2, -0.15) is 0 Å². The summed E-state index contributed by atoms with van der Waals surface area (Å²) in [6, 6.07) is 7.55. The van der Waals surface area contributed by atoms with E-state index in [4.69, 9.17) is 30.5 Å². The van der Waals surface area contributed by atoms with Crippen LogP contribution in [0.2, 0.25) is 5.02 Å². The van der Waals surface area contributed by atoms with Gasteiger partial charge in [-0.1, -0.05) is 69.7 Å². The molecule has 0 saturated carbocycles. The van der Waals surface area contributed by atoms with Crippen molar-refractivity contribution < 1.29 is 58.9 Å². The zero-order chi connectivity index (χ0) is 46.9. The highest BCUT2D eigenvalue weighted by Crippen LogP contribution is 2.57. The smallest absolute Gasteiger partial charge is 0.312 e. The molecule has 0 aromatic heterocycles. The van der Waals surface area contributed by atoms with E-state index < -0.39 is 88.8 Å². The van der Waals surface area contributed by atoms with Crippen LogP contribution in [0.1, 0.15) is 70.0 Å². The molecule has 1 amide bonds. The summed E-state index contributed by atoms with van der Waals surface area (Å²) in [4.78, 5) is 45.0. The first-order chi connectivity index (χ1) is 30.2. The van der Waals surface area contributed by atoms with Crippen LogP contribution >= 0.6 is 11.6 Å². The number of nitrogens with one attached hydrogen (secondary N) is 1. The molecular formula is C48H60ClN3O12. The number of aliphatic hydroxyl groups excluding tert-OH is 2. The van der Waals surface area contributed by atoms with E-state index in [-0.39, 0.29) is 44.6 Å².